The van der Waals surface area contributed by atoms with Crippen LogP contribution in [0.5, 0.6) is 0 Å². The van der Waals surface area contributed by atoms with Gasteiger partial charge in [0.1, 0.15) is 5.76 Å². The fraction of sp³-hybridized carbons (Fsp3) is 0.800. The molecule has 0 aromatic carbocycles. The molecule has 0 bridgehead atoms. The van der Waals surface area contributed by atoms with E-state index in [4.69, 9.17) is 4.42 Å². The summed E-state index contributed by atoms with van der Waals surface area (Å²) in [6, 6.07) is 0. The molecule has 4 rings (SSSR count). The lowest BCUT2D eigenvalue weighted by molar-refractivity contribution is 0.0581. The Morgan fingerprint density at radius 1 is 1.20 bits per heavy atom. The molecule has 1 aliphatic carbocycles. The van der Waals surface area contributed by atoms with Gasteiger partial charge in [0, 0.05) is 39.1 Å². The van der Waals surface area contributed by atoms with Crippen molar-refractivity contribution in [3.63, 3.8) is 0 Å². The molecule has 0 N–H and O–H groups in total. The standard InChI is InChI=1S/C20H31N3O2/c1-14-9-15(2)11-23(10-14)20(24)19-21-17-13-22(8-7-18(17)25-19)12-16-5-3-4-6-16/h14-16H,3-13H2,1-2H3/t14-,15-/m0/s1. The first-order valence-corrected chi connectivity index (χ1v) is 10.1. The summed E-state index contributed by atoms with van der Waals surface area (Å²) in [5.41, 5.74) is 0.991. The second-order valence-corrected chi connectivity index (χ2v) is 8.68. The number of aromatic nitrogens is 1. The van der Waals surface area contributed by atoms with Crippen LogP contribution in [0.2, 0.25) is 0 Å². The van der Waals surface area contributed by atoms with Crippen molar-refractivity contribution in [3.05, 3.63) is 17.3 Å². The summed E-state index contributed by atoms with van der Waals surface area (Å²) in [7, 11) is 0. The van der Waals surface area contributed by atoms with E-state index in [2.05, 4.69) is 23.7 Å². The third kappa shape index (κ3) is 3.76. The molecule has 1 aromatic heterocycles. The van der Waals surface area contributed by atoms with Gasteiger partial charge in [-0.1, -0.05) is 26.7 Å². The zero-order valence-corrected chi connectivity index (χ0v) is 15.7. The summed E-state index contributed by atoms with van der Waals surface area (Å²) in [5, 5.41) is 0. The molecule has 0 spiro atoms. The van der Waals surface area contributed by atoms with Crippen LogP contribution >= 0.6 is 0 Å². The average molecular weight is 345 g/mol. The van der Waals surface area contributed by atoms with Gasteiger partial charge in [0.25, 0.3) is 5.89 Å². The van der Waals surface area contributed by atoms with E-state index in [1.165, 1.54) is 38.6 Å². The molecule has 1 saturated carbocycles. The first kappa shape index (κ1) is 17.1. The average Bonchev–Trinajstić information content (AvgIpc) is 3.22. The number of oxazole rings is 1. The molecule has 0 radical (unpaired) electrons. The number of amides is 1. The molecular weight excluding hydrogens is 314 g/mol. The second-order valence-electron chi connectivity index (χ2n) is 8.68. The monoisotopic (exact) mass is 345 g/mol. The molecule has 3 heterocycles. The topological polar surface area (TPSA) is 49.6 Å². The predicted molar refractivity (Wildman–Crippen MR) is 96.3 cm³/mol. The molecule has 2 atom stereocenters. The van der Waals surface area contributed by atoms with Gasteiger partial charge in [-0.2, -0.15) is 0 Å². The van der Waals surface area contributed by atoms with Gasteiger partial charge in [0.05, 0.1) is 5.69 Å². The minimum atomic E-state index is -0.0184. The number of hydrogen-bond acceptors (Lipinski definition) is 4. The van der Waals surface area contributed by atoms with Gasteiger partial charge >= 0.3 is 5.91 Å². The normalized spacial score (nSPS) is 28.3. The Bertz CT molecular complexity index is 610. The van der Waals surface area contributed by atoms with Gasteiger partial charge in [0.15, 0.2) is 0 Å². The Morgan fingerprint density at radius 3 is 2.64 bits per heavy atom. The SMILES string of the molecule is C[C@H]1C[C@H](C)CN(C(=O)c2nc3c(o2)CCN(CC2CCCC2)C3)C1. The fourth-order valence-corrected chi connectivity index (χ4v) is 5.02. The van der Waals surface area contributed by atoms with Gasteiger partial charge in [-0.25, -0.2) is 4.98 Å². The second kappa shape index (κ2) is 7.10. The summed E-state index contributed by atoms with van der Waals surface area (Å²) in [4.78, 5) is 21.9. The van der Waals surface area contributed by atoms with E-state index >= 15 is 0 Å². The molecule has 138 valence electrons. The van der Waals surface area contributed by atoms with E-state index in [1.807, 2.05) is 4.90 Å². The maximum atomic E-state index is 12.8. The lowest BCUT2D eigenvalue weighted by Crippen LogP contribution is -2.42. The van der Waals surface area contributed by atoms with Gasteiger partial charge in [0.2, 0.25) is 0 Å². The van der Waals surface area contributed by atoms with E-state index in [-0.39, 0.29) is 5.91 Å². The van der Waals surface area contributed by atoms with Crippen molar-refractivity contribution in [2.24, 2.45) is 17.8 Å². The molecule has 3 aliphatic rings. The number of hydrogen-bond donors (Lipinski definition) is 0. The van der Waals surface area contributed by atoms with E-state index in [0.717, 1.165) is 50.0 Å². The molecule has 25 heavy (non-hydrogen) atoms. The van der Waals surface area contributed by atoms with Crippen molar-refractivity contribution in [1.82, 2.24) is 14.8 Å². The molecule has 0 unspecified atom stereocenters. The van der Waals surface area contributed by atoms with Crippen LogP contribution in [-0.4, -0.2) is 46.9 Å². The van der Waals surface area contributed by atoms with Crippen LogP contribution in [0.4, 0.5) is 0 Å². The minimum Gasteiger partial charge on any atom is -0.437 e. The Morgan fingerprint density at radius 2 is 1.92 bits per heavy atom. The summed E-state index contributed by atoms with van der Waals surface area (Å²) in [6.45, 7) is 9.14. The van der Waals surface area contributed by atoms with Gasteiger partial charge < -0.3 is 9.32 Å². The van der Waals surface area contributed by atoms with Crippen molar-refractivity contribution in [1.29, 1.82) is 0 Å². The summed E-state index contributed by atoms with van der Waals surface area (Å²) in [5.74, 6) is 3.19. The van der Waals surface area contributed by atoms with E-state index in [0.29, 0.717) is 17.7 Å². The van der Waals surface area contributed by atoms with Crippen LogP contribution in [-0.2, 0) is 13.0 Å². The van der Waals surface area contributed by atoms with Crippen LogP contribution < -0.4 is 0 Å². The van der Waals surface area contributed by atoms with E-state index < -0.39 is 0 Å². The summed E-state index contributed by atoms with van der Waals surface area (Å²) < 4.78 is 5.88. The van der Waals surface area contributed by atoms with Crippen LogP contribution in [0.25, 0.3) is 0 Å². The fourth-order valence-electron chi connectivity index (χ4n) is 5.02. The Kier molecular flexibility index (Phi) is 4.85. The molecular formula is C20H31N3O2. The number of nitrogens with zero attached hydrogens (tertiary/aromatic N) is 3. The molecule has 5 nitrogen and oxygen atoms in total. The number of fused-ring (bicyclic) bond motifs is 1. The molecule has 1 amide bonds. The maximum Gasteiger partial charge on any atom is 0.309 e. The highest BCUT2D eigenvalue weighted by molar-refractivity contribution is 5.89. The zero-order valence-electron chi connectivity index (χ0n) is 15.7. The first-order valence-electron chi connectivity index (χ1n) is 10.1. The van der Waals surface area contributed by atoms with Gasteiger partial charge in [-0.3, -0.25) is 9.69 Å². The first-order chi connectivity index (χ1) is 12.1. The Hall–Kier alpha value is -1.36. The van der Waals surface area contributed by atoms with Crippen molar-refractivity contribution >= 4 is 5.91 Å². The van der Waals surface area contributed by atoms with Crippen LogP contribution in [0.15, 0.2) is 4.42 Å². The lowest BCUT2D eigenvalue weighted by atomic mass is 9.92. The third-order valence-electron chi connectivity index (χ3n) is 6.14. The Balaban J connectivity index is 1.41. The molecule has 5 heteroatoms. The van der Waals surface area contributed by atoms with Crippen molar-refractivity contribution in [2.75, 3.05) is 26.2 Å². The van der Waals surface area contributed by atoms with Gasteiger partial charge in [-0.15, -0.1) is 0 Å². The highest BCUT2D eigenvalue weighted by Crippen LogP contribution is 2.28. The van der Waals surface area contributed by atoms with Gasteiger partial charge in [-0.05, 0) is 37.0 Å². The predicted octanol–water partition coefficient (Wildman–Crippen LogP) is 3.34. The molecule has 2 fully saturated rings. The summed E-state index contributed by atoms with van der Waals surface area (Å²) >= 11 is 0. The van der Waals surface area contributed by atoms with Crippen molar-refractivity contribution in [2.45, 2.75) is 58.9 Å². The van der Waals surface area contributed by atoms with Crippen LogP contribution in [0.1, 0.15) is 68.1 Å². The van der Waals surface area contributed by atoms with Crippen molar-refractivity contribution < 1.29 is 9.21 Å². The number of piperidine rings is 1. The van der Waals surface area contributed by atoms with Crippen molar-refractivity contribution in [3.8, 4) is 0 Å². The number of rotatable bonds is 3. The lowest BCUT2D eigenvalue weighted by Gasteiger charge is -2.34. The smallest absolute Gasteiger partial charge is 0.309 e. The summed E-state index contributed by atoms with van der Waals surface area (Å²) in [6.07, 6.45) is 7.60. The zero-order chi connectivity index (χ0) is 17.4. The number of carbonyl (C=O) groups is 1. The Labute approximate surface area is 150 Å². The third-order valence-corrected chi connectivity index (χ3v) is 6.14. The highest BCUT2D eigenvalue weighted by atomic mass is 16.4. The van der Waals surface area contributed by atoms with Crippen LogP contribution in [0.3, 0.4) is 0 Å². The number of carbonyl (C=O) groups excluding carboxylic acids is 1. The van der Waals surface area contributed by atoms with E-state index in [9.17, 15) is 4.79 Å². The van der Waals surface area contributed by atoms with Crippen LogP contribution in [0, 0.1) is 17.8 Å². The van der Waals surface area contributed by atoms with E-state index in [1.54, 1.807) is 0 Å². The quantitative estimate of drug-likeness (QED) is 0.843. The largest absolute Gasteiger partial charge is 0.437 e. The molecule has 1 saturated heterocycles. The minimum absolute atomic E-state index is 0.0184. The highest BCUT2D eigenvalue weighted by Gasteiger charge is 2.31. The maximum absolute atomic E-state index is 12.8. The molecule has 2 aliphatic heterocycles. The number of likely N-dealkylation sites (tertiary alicyclic amines) is 1. The molecule has 1 aromatic rings.